The molecule has 0 atom stereocenters. The third kappa shape index (κ3) is 5.17. The van der Waals surface area contributed by atoms with E-state index in [-0.39, 0.29) is 35.2 Å². The minimum Gasteiger partial charge on any atom is -0.491 e. The molecule has 6 rings (SSSR count). The number of aryl methyl sites for hydroxylation is 3. The van der Waals surface area contributed by atoms with Crippen LogP contribution in [0.3, 0.4) is 0 Å². The highest BCUT2D eigenvalue weighted by molar-refractivity contribution is 7.18. The van der Waals surface area contributed by atoms with E-state index >= 15 is 0 Å². The number of ether oxygens (including phenoxy) is 1. The number of nitrogens with zero attached hydrogens (tertiary/aromatic N) is 5. The van der Waals surface area contributed by atoms with Gasteiger partial charge in [0, 0.05) is 32.8 Å². The number of aromatic carboxylic acids is 1. The van der Waals surface area contributed by atoms with Gasteiger partial charge in [-0.25, -0.2) is 9.78 Å². The number of rotatable bonds is 7. The Labute approximate surface area is 260 Å². The molecule has 0 unspecified atom stereocenters. The molecule has 0 amide bonds. The van der Waals surface area contributed by atoms with Crippen molar-refractivity contribution in [2.75, 3.05) is 6.61 Å². The van der Waals surface area contributed by atoms with Crippen LogP contribution in [0.1, 0.15) is 33.0 Å². The van der Waals surface area contributed by atoms with Crippen LogP contribution in [0.15, 0.2) is 64.9 Å². The van der Waals surface area contributed by atoms with Crippen molar-refractivity contribution in [1.82, 2.24) is 19.5 Å². The number of carbonyl (C=O) groups is 1. The van der Waals surface area contributed by atoms with E-state index in [0.29, 0.717) is 49.3 Å². The maximum atomic E-state index is 13.8. The molecule has 0 bridgehead atoms. The number of halogens is 1. The molecular formula is C33H24ClN5O4S. The van der Waals surface area contributed by atoms with Crippen LogP contribution in [0, 0.1) is 32.1 Å². The molecule has 1 N–H and O–H groups in total. The van der Waals surface area contributed by atoms with Gasteiger partial charge in [-0.1, -0.05) is 35.4 Å². The lowest BCUT2D eigenvalue weighted by molar-refractivity contribution is 0.0699. The molecule has 0 fully saturated rings. The number of hydrogen-bond acceptors (Lipinski definition) is 8. The van der Waals surface area contributed by atoms with Crippen molar-refractivity contribution >= 4 is 50.0 Å². The molecule has 0 aliphatic carbocycles. The van der Waals surface area contributed by atoms with Crippen molar-refractivity contribution in [3.63, 3.8) is 0 Å². The highest BCUT2D eigenvalue weighted by Gasteiger charge is 2.20. The summed E-state index contributed by atoms with van der Waals surface area (Å²) in [7, 11) is 0. The number of benzene rings is 2. The monoisotopic (exact) mass is 621 g/mol. The molecule has 0 saturated carbocycles. The standard InChI is InChI=1S/C33H24ClN5O4S/c1-17-5-4-6-20(11-17)29-24(14-35)28-26(15-36-29)38-19(3)39(32(28)40)9-10-43-27-8-7-21(34)13-22(27)23-12-18(2)37-30-25(33(41)42)16-44-31(23)30/h4-8,11-13,15-16H,9-10H2,1-3H3,(H,41,42). The average Bonchev–Trinajstić information content (AvgIpc) is 3.42. The second-order valence-corrected chi connectivity index (χ2v) is 11.6. The number of thiophene rings is 1. The Balaban J connectivity index is 1.37. The first kappa shape index (κ1) is 29.0. The van der Waals surface area contributed by atoms with Crippen molar-refractivity contribution in [1.29, 1.82) is 5.26 Å². The van der Waals surface area contributed by atoms with Crippen molar-refractivity contribution in [2.45, 2.75) is 27.3 Å². The first-order valence-electron chi connectivity index (χ1n) is 13.6. The maximum Gasteiger partial charge on any atom is 0.338 e. The van der Waals surface area contributed by atoms with Crippen LogP contribution in [0.4, 0.5) is 0 Å². The fourth-order valence-electron chi connectivity index (χ4n) is 5.28. The van der Waals surface area contributed by atoms with Gasteiger partial charge >= 0.3 is 5.97 Å². The Morgan fingerprint density at radius 1 is 1.11 bits per heavy atom. The molecule has 44 heavy (non-hydrogen) atoms. The van der Waals surface area contributed by atoms with Gasteiger partial charge in [-0.2, -0.15) is 5.26 Å². The summed E-state index contributed by atoms with van der Waals surface area (Å²) in [5.74, 6) is -0.0774. The van der Waals surface area contributed by atoms with Crippen molar-refractivity contribution in [3.05, 3.63) is 104 Å². The van der Waals surface area contributed by atoms with Crippen LogP contribution in [-0.4, -0.2) is 37.2 Å². The Hall–Kier alpha value is -5.11. The summed E-state index contributed by atoms with van der Waals surface area (Å²) in [4.78, 5) is 39.1. The number of nitriles is 1. The first-order chi connectivity index (χ1) is 21.2. The zero-order valence-corrected chi connectivity index (χ0v) is 25.5. The van der Waals surface area contributed by atoms with Crippen LogP contribution in [-0.2, 0) is 6.54 Å². The third-order valence-electron chi connectivity index (χ3n) is 7.28. The highest BCUT2D eigenvalue weighted by atomic mass is 35.5. The average molecular weight is 622 g/mol. The molecule has 0 saturated heterocycles. The van der Waals surface area contributed by atoms with E-state index in [2.05, 4.69) is 21.0 Å². The molecule has 0 aliphatic heterocycles. The van der Waals surface area contributed by atoms with Gasteiger partial charge in [0.05, 0.1) is 50.7 Å². The quantitative estimate of drug-likeness (QED) is 0.202. The lowest BCUT2D eigenvalue weighted by Gasteiger charge is -2.16. The van der Waals surface area contributed by atoms with Gasteiger partial charge in [0.25, 0.3) is 5.56 Å². The number of hydrogen-bond donors (Lipinski definition) is 1. The second kappa shape index (κ2) is 11.5. The summed E-state index contributed by atoms with van der Waals surface area (Å²) in [6, 6.07) is 16.9. The van der Waals surface area contributed by atoms with Crippen molar-refractivity contribution in [2.24, 2.45) is 0 Å². The Kier molecular flexibility index (Phi) is 7.59. The van der Waals surface area contributed by atoms with Gasteiger partial charge < -0.3 is 9.84 Å². The molecule has 4 heterocycles. The van der Waals surface area contributed by atoms with Gasteiger partial charge in [0.1, 0.15) is 24.3 Å². The van der Waals surface area contributed by atoms with E-state index in [1.54, 1.807) is 37.4 Å². The molecule has 6 aromatic rings. The lowest BCUT2D eigenvalue weighted by Crippen LogP contribution is -2.27. The third-order valence-corrected chi connectivity index (χ3v) is 8.52. The van der Waals surface area contributed by atoms with Gasteiger partial charge in [0.2, 0.25) is 0 Å². The lowest BCUT2D eigenvalue weighted by atomic mass is 10.0. The van der Waals surface area contributed by atoms with Gasteiger partial charge in [-0.3, -0.25) is 19.3 Å². The molecule has 218 valence electrons. The Morgan fingerprint density at radius 2 is 1.93 bits per heavy atom. The van der Waals surface area contributed by atoms with Crippen LogP contribution < -0.4 is 10.3 Å². The van der Waals surface area contributed by atoms with Gasteiger partial charge in [-0.15, -0.1) is 11.3 Å². The summed E-state index contributed by atoms with van der Waals surface area (Å²) in [5.41, 5.74) is 4.97. The summed E-state index contributed by atoms with van der Waals surface area (Å²) < 4.78 is 8.42. The van der Waals surface area contributed by atoms with E-state index in [4.69, 9.17) is 16.3 Å². The summed E-state index contributed by atoms with van der Waals surface area (Å²) in [6.45, 7) is 5.75. The van der Waals surface area contributed by atoms with Crippen LogP contribution in [0.2, 0.25) is 5.02 Å². The normalized spacial score (nSPS) is 11.2. The number of pyridine rings is 2. The van der Waals surface area contributed by atoms with Crippen LogP contribution >= 0.6 is 22.9 Å². The molecule has 2 aromatic carbocycles. The molecule has 0 aliphatic rings. The number of carboxylic acids is 1. The number of aromatic nitrogens is 4. The largest absolute Gasteiger partial charge is 0.491 e. The second-order valence-electron chi connectivity index (χ2n) is 10.3. The minimum absolute atomic E-state index is 0.109. The number of carboxylic acid groups (broad SMARTS) is 1. The summed E-state index contributed by atoms with van der Waals surface area (Å²) in [6.07, 6.45) is 1.53. The van der Waals surface area contributed by atoms with Crippen molar-refractivity contribution < 1.29 is 14.6 Å². The van der Waals surface area contributed by atoms with Crippen molar-refractivity contribution in [3.8, 4) is 34.2 Å². The summed E-state index contributed by atoms with van der Waals surface area (Å²) >= 11 is 7.68. The predicted molar refractivity (Wildman–Crippen MR) is 171 cm³/mol. The maximum absolute atomic E-state index is 13.8. The topological polar surface area (TPSA) is 131 Å². The molecule has 0 spiro atoms. The Morgan fingerprint density at radius 3 is 2.68 bits per heavy atom. The molecule has 9 nitrogen and oxygen atoms in total. The van der Waals surface area contributed by atoms with E-state index in [1.165, 1.54) is 22.1 Å². The van der Waals surface area contributed by atoms with E-state index in [1.807, 2.05) is 37.3 Å². The van der Waals surface area contributed by atoms with Crippen LogP contribution in [0.25, 0.3) is 43.5 Å². The molecule has 11 heteroatoms. The zero-order chi connectivity index (χ0) is 31.1. The zero-order valence-electron chi connectivity index (χ0n) is 23.9. The molecular weight excluding hydrogens is 598 g/mol. The van der Waals surface area contributed by atoms with Gasteiger partial charge in [-0.05, 0) is 51.1 Å². The molecule has 4 aromatic heterocycles. The number of fused-ring (bicyclic) bond motifs is 2. The van der Waals surface area contributed by atoms with E-state index in [9.17, 15) is 20.0 Å². The summed E-state index contributed by atoms with van der Waals surface area (Å²) in [5, 5.41) is 22.0. The predicted octanol–water partition coefficient (Wildman–Crippen LogP) is 6.96. The smallest absolute Gasteiger partial charge is 0.338 e. The Bertz CT molecular complexity index is 2240. The highest BCUT2D eigenvalue weighted by Crippen LogP contribution is 2.40. The first-order valence-corrected chi connectivity index (χ1v) is 14.8. The minimum atomic E-state index is -1.05. The van der Waals surface area contributed by atoms with E-state index in [0.717, 1.165) is 16.7 Å². The molecule has 0 radical (unpaired) electrons. The SMILES string of the molecule is Cc1cccc(-c2ncc3nc(C)n(CCOc4ccc(Cl)cc4-c4cc(C)nc5c(C(=O)O)csc45)c(=O)c3c2C#N)c1. The van der Waals surface area contributed by atoms with Crippen LogP contribution in [0.5, 0.6) is 5.75 Å². The fourth-order valence-corrected chi connectivity index (χ4v) is 6.46. The van der Waals surface area contributed by atoms with Gasteiger partial charge in [0.15, 0.2) is 0 Å². The fraction of sp³-hybridized carbons (Fsp3) is 0.152. The van der Waals surface area contributed by atoms with E-state index < -0.39 is 5.97 Å².